The second-order valence-electron chi connectivity index (χ2n) is 4.32. The van der Waals surface area contributed by atoms with E-state index in [9.17, 15) is 5.11 Å². The van der Waals surface area contributed by atoms with Crippen LogP contribution in [0.3, 0.4) is 0 Å². The van der Waals surface area contributed by atoms with Crippen molar-refractivity contribution >= 4 is 17.3 Å². The van der Waals surface area contributed by atoms with Gasteiger partial charge in [-0.05, 0) is 36.8 Å². The van der Waals surface area contributed by atoms with E-state index in [-0.39, 0.29) is 0 Å². The van der Waals surface area contributed by atoms with E-state index in [0.29, 0.717) is 11.6 Å². The smallest absolute Gasteiger partial charge is 0.123 e. The molecule has 1 atom stereocenters. The summed E-state index contributed by atoms with van der Waals surface area (Å²) in [6.45, 7) is 2.37. The zero-order valence-electron chi connectivity index (χ0n) is 10.4. The summed E-state index contributed by atoms with van der Waals surface area (Å²) in [5.74, 6) is 0.883. The molecule has 1 heterocycles. The van der Waals surface area contributed by atoms with Gasteiger partial charge in [0.25, 0.3) is 0 Å². The van der Waals surface area contributed by atoms with Gasteiger partial charge in [-0.15, -0.1) is 0 Å². The maximum atomic E-state index is 9.50. The third-order valence-corrected chi connectivity index (χ3v) is 3.14. The topological polar surface area (TPSA) is 36.6 Å². The first-order valence-electron chi connectivity index (χ1n) is 5.79. The van der Waals surface area contributed by atoms with Gasteiger partial charge in [0.1, 0.15) is 5.76 Å². The molecule has 0 amide bonds. The molecule has 1 N–H and O–H groups in total. The quantitative estimate of drug-likeness (QED) is 0.917. The number of aliphatic hydroxyl groups excluding tert-OH is 1. The van der Waals surface area contributed by atoms with E-state index in [2.05, 4.69) is 0 Å². The van der Waals surface area contributed by atoms with E-state index in [4.69, 9.17) is 16.0 Å². The summed E-state index contributed by atoms with van der Waals surface area (Å²) in [5, 5.41) is 10.1. The van der Waals surface area contributed by atoms with E-state index in [1.807, 2.05) is 36.2 Å². The first kappa shape index (κ1) is 13.0. The van der Waals surface area contributed by atoms with E-state index in [0.717, 1.165) is 17.0 Å². The van der Waals surface area contributed by atoms with Crippen LogP contribution in [0.15, 0.2) is 41.0 Å². The summed E-state index contributed by atoms with van der Waals surface area (Å²) in [4.78, 5) is 2.01. The molecule has 1 aromatic heterocycles. The summed E-state index contributed by atoms with van der Waals surface area (Å²) in [6, 6.07) is 9.37. The molecular formula is C14H16ClNO2. The van der Waals surface area contributed by atoms with Gasteiger partial charge in [0.05, 0.1) is 29.6 Å². The molecule has 0 saturated heterocycles. The molecule has 1 aromatic carbocycles. The second-order valence-corrected chi connectivity index (χ2v) is 4.73. The molecule has 2 rings (SSSR count). The Kier molecular flexibility index (Phi) is 3.94. The molecule has 3 nitrogen and oxygen atoms in total. The van der Waals surface area contributed by atoms with Gasteiger partial charge in [0.2, 0.25) is 0 Å². The zero-order chi connectivity index (χ0) is 13.1. The Hall–Kier alpha value is -1.45. The minimum Gasteiger partial charge on any atom is -0.467 e. The molecule has 0 aliphatic rings. The third-order valence-electron chi connectivity index (χ3n) is 2.84. The summed E-state index contributed by atoms with van der Waals surface area (Å²) in [7, 11) is 1.95. The number of rotatable bonds is 4. The molecule has 0 fully saturated rings. The van der Waals surface area contributed by atoms with Gasteiger partial charge in [-0.3, -0.25) is 0 Å². The van der Waals surface area contributed by atoms with E-state index in [1.54, 1.807) is 19.3 Å². The number of aliphatic hydroxyl groups is 1. The lowest BCUT2D eigenvalue weighted by Crippen LogP contribution is -2.16. The van der Waals surface area contributed by atoms with Crippen molar-refractivity contribution in [1.82, 2.24) is 0 Å². The van der Waals surface area contributed by atoms with E-state index >= 15 is 0 Å². The Bertz CT molecular complexity index is 509. The largest absolute Gasteiger partial charge is 0.467 e. The highest BCUT2D eigenvalue weighted by molar-refractivity contribution is 6.33. The van der Waals surface area contributed by atoms with Crippen LogP contribution in [0.2, 0.25) is 5.02 Å². The minimum atomic E-state index is -0.507. The van der Waals surface area contributed by atoms with Crippen LogP contribution in [-0.4, -0.2) is 12.2 Å². The van der Waals surface area contributed by atoms with Gasteiger partial charge < -0.3 is 14.4 Å². The minimum absolute atomic E-state index is 0.507. The fourth-order valence-electron chi connectivity index (χ4n) is 1.81. The fourth-order valence-corrected chi connectivity index (χ4v) is 2.15. The van der Waals surface area contributed by atoms with Crippen molar-refractivity contribution in [3.05, 3.63) is 52.9 Å². The first-order chi connectivity index (χ1) is 8.58. The standard InChI is InChI=1S/C14H16ClNO2/c1-10(17)11-5-6-14(13(15)8-11)16(2)9-12-4-3-7-18-12/h3-8,10,17H,9H2,1-2H3/t10-/m0/s1. The first-order valence-corrected chi connectivity index (χ1v) is 6.16. The van der Waals surface area contributed by atoms with Crippen molar-refractivity contribution in [2.45, 2.75) is 19.6 Å². The van der Waals surface area contributed by atoms with Crippen LogP contribution in [0.25, 0.3) is 0 Å². The maximum Gasteiger partial charge on any atom is 0.123 e. The number of hydrogen-bond donors (Lipinski definition) is 1. The molecule has 96 valence electrons. The average Bonchev–Trinajstić information content (AvgIpc) is 2.81. The summed E-state index contributed by atoms with van der Waals surface area (Å²) in [6.07, 6.45) is 1.15. The Labute approximate surface area is 112 Å². The molecule has 0 bridgehead atoms. The lowest BCUT2D eigenvalue weighted by atomic mass is 10.1. The molecule has 0 unspecified atom stereocenters. The molecule has 18 heavy (non-hydrogen) atoms. The number of anilines is 1. The summed E-state index contributed by atoms with van der Waals surface area (Å²) in [5.41, 5.74) is 1.73. The van der Waals surface area contributed by atoms with E-state index < -0.39 is 6.10 Å². The Morgan fingerprint density at radius 2 is 2.17 bits per heavy atom. The number of benzene rings is 1. The van der Waals surface area contributed by atoms with Crippen LogP contribution >= 0.6 is 11.6 Å². The van der Waals surface area contributed by atoms with Crippen molar-refractivity contribution < 1.29 is 9.52 Å². The van der Waals surface area contributed by atoms with Gasteiger partial charge in [-0.1, -0.05) is 17.7 Å². The van der Waals surface area contributed by atoms with Crippen LogP contribution in [-0.2, 0) is 6.54 Å². The van der Waals surface area contributed by atoms with Crippen LogP contribution in [0.5, 0.6) is 0 Å². The van der Waals surface area contributed by atoms with Gasteiger partial charge in [-0.2, -0.15) is 0 Å². The van der Waals surface area contributed by atoms with E-state index in [1.165, 1.54) is 0 Å². The molecule has 4 heteroatoms. The summed E-state index contributed by atoms with van der Waals surface area (Å²) >= 11 is 6.23. The second kappa shape index (κ2) is 5.46. The van der Waals surface area contributed by atoms with Gasteiger partial charge in [-0.25, -0.2) is 0 Å². The van der Waals surface area contributed by atoms with Crippen molar-refractivity contribution in [3.63, 3.8) is 0 Å². The number of halogens is 1. The lowest BCUT2D eigenvalue weighted by Gasteiger charge is -2.20. The highest BCUT2D eigenvalue weighted by Gasteiger charge is 2.10. The van der Waals surface area contributed by atoms with Gasteiger partial charge >= 0.3 is 0 Å². The highest BCUT2D eigenvalue weighted by Crippen LogP contribution is 2.29. The predicted octanol–water partition coefficient (Wildman–Crippen LogP) is 3.62. The molecule has 0 saturated carbocycles. The van der Waals surface area contributed by atoms with Gasteiger partial charge in [0, 0.05) is 7.05 Å². The Balaban J connectivity index is 2.17. The predicted molar refractivity (Wildman–Crippen MR) is 72.9 cm³/mol. The molecular weight excluding hydrogens is 250 g/mol. The highest BCUT2D eigenvalue weighted by atomic mass is 35.5. The molecule has 0 aliphatic heterocycles. The van der Waals surface area contributed by atoms with Gasteiger partial charge in [0.15, 0.2) is 0 Å². The Morgan fingerprint density at radius 3 is 2.72 bits per heavy atom. The number of nitrogens with zero attached hydrogens (tertiary/aromatic N) is 1. The van der Waals surface area contributed by atoms with Crippen molar-refractivity contribution in [1.29, 1.82) is 0 Å². The fraction of sp³-hybridized carbons (Fsp3) is 0.286. The van der Waals surface area contributed by atoms with Crippen molar-refractivity contribution in [2.24, 2.45) is 0 Å². The van der Waals surface area contributed by atoms with Crippen molar-refractivity contribution in [3.8, 4) is 0 Å². The molecule has 0 spiro atoms. The molecule has 0 aliphatic carbocycles. The van der Waals surface area contributed by atoms with Crippen LogP contribution in [0, 0.1) is 0 Å². The normalized spacial score (nSPS) is 12.4. The average molecular weight is 266 g/mol. The number of furan rings is 1. The molecule has 0 radical (unpaired) electrons. The summed E-state index contributed by atoms with van der Waals surface area (Å²) < 4.78 is 5.30. The maximum absolute atomic E-state index is 9.50. The van der Waals surface area contributed by atoms with Crippen LogP contribution < -0.4 is 4.90 Å². The van der Waals surface area contributed by atoms with Crippen LogP contribution in [0.4, 0.5) is 5.69 Å². The zero-order valence-corrected chi connectivity index (χ0v) is 11.2. The Morgan fingerprint density at radius 1 is 1.39 bits per heavy atom. The molecule has 2 aromatic rings. The monoisotopic (exact) mass is 265 g/mol. The SMILES string of the molecule is C[C@H](O)c1ccc(N(C)Cc2ccco2)c(Cl)c1. The number of hydrogen-bond acceptors (Lipinski definition) is 3. The van der Waals surface area contributed by atoms with Crippen molar-refractivity contribution in [2.75, 3.05) is 11.9 Å². The van der Waals surface area contributed by atoms with Crippen LogP contribution in [0.1, 0.15) is 24.4 Å². The third kappa shape index (κ3) is 2.86. The lowest BCUT2D eigenvalue weighted by molar-refractivity contribution is 0.199.